The lowest BCUT2D eigenvalue weighted by Crippen LogP contribution is -2.60. The van der Waals surface area contributed by atoms with Crippen molar-refractivity contribution in [3.8, 4) is 0 Å². The van der Waals surface area contributed by atoms with Crippen LogP contribution in [0.15, 0.2) is 29.3 Å². The van der Waals surface area contributed by atoms with Gasteiger partial charge in [-0.3, -0.25) is 14.6 Å². The number of rotatable bonds is 5. The third kappa shape index (κ3) is 2.92. The number of primary amides is 1. The molecule has 2 amide bonds. The lowest BCUT2D eigenvalue weighted by atomic mass is 9.93. The maximum Gasteiger partial charge on any atom is 0.255 e. The summed E-state index contributed by atoms with van der Waals surface area (Å²) < 4.78 is 0. The van der Waals surface area contributed by atoms with Gasteiger partial charge in [-0.2, -0.15) is 0 Å². The highest BCUT2D eigenvalue weighted by Gasteiger charge is 2.48. The number of anilines is 1. The smallest absolute Gasteiger partial charge is 0.255 e. The molecule has 0 radical (unpaired) electrons. The first-order valence-electron chi connectivity index (χ1n) is 7.58. The fourth-order valence-corrected chi connectivity index (χ4v) is 2.78. The van der Waals surface area contributed by atoms with Crippen LogP contribution >= 0.6 is 0 Å². The van der Waals surface area contributed by atoms with E-state index in [0.29, 0.717) is 13.1 Å². The zero-order chi connectivity index (χ0) is 16.3. The van der Waals surface area contributed by atoms with Crippen LogP contribution in [-0.4, -0.2) is 49.5 Å². The maximum absolute atomic E-state index is 12.5. The number of para-hydroxylation sites is 1. The first-order chi connectivity index (χ1) is 11.1. The summed E-state index contributed by atoms with van der Waals surface area (Å²) in [4.78, 5) is 28.6. The fourth-order valence-electron chi connectivity index (χ4n) is 2.78. The molecule has 2 aliphatic rings. The summed E-state index contributed by atoms with van der Waals surface area (Å²) in [6, 6.07) is 7.43. The van der Waals surface area contributed by atoms with Gasteiger partial charge in [-0.1, -0.05) is 18.2 Å². The molecule has 8 nitrogen and oxygen atoms in total. The predicted octanol–water partition coefficient (Wildman–Crippen LogP) is -1.46. The molecule has 0 bridgehead atoms. The van der Waals surface area contributed by atoms with Gasteiger partial charge in [0.15, 0.2) is 11.5 Å². The Morgan fingerprint density at radius 2 is 2.13 bits per heavy atom. The number of hydrogen-bond acceptors (Lipinski definition) is 6. The van der Waals surface area contributed by atoms with E-state index in [0.717, 1.165) is 30.3 Å². The van der Waals surface area contributed by atoms with Crippen LogP contribution in [0.2, 0.25) is 0 Å². The van der Waals surface area contributed by atoms with Crippen molar-refractivity contribution in [1.82, 2.24) is 16.0 Å². The number of fused-ring (bicyclic) bond motifs is 1. The largest absolute Gasteiger partial charge is 0.367 e. The van der Waals surface area contributed by atoms with Crippen LogP contribution < -0.4 is 27.0 Å². The van der Waals surface area contributed by atoms with Crippen molar-refractivity contribution >= 4 is 23.5 Å². The van der Waals surface area contributed by atoms with Gasteiger partial charge in [0.05, 0.1) is 6.54 Å². The first kappa shape index (κ1) is 15.1. The molecule has 2 aliphatic heterocycles. The van der Waals surface area contributed by atoms with Crippen LogP contribution in [0.4, 0.5) is 5.69 Å². The molecule has 0 aliphatic carbocycles. The van der Waals surface area contributed by atoms with Gasteiger partial charge in [0, 0.05) is 31.7 Å². The third-order valence-electron chi connectivity index (χ3n) is 4.01. The van der Waals surface area contributed by atoms with Crippen LogP contribution in [0.25, 0.3) is 0 Å². The first-order valence-corrected chi connectivity index (χ1v) is 7.58. The Bertz CT molecular complexity index is 632. The van der Waals surface area contributed by atoms with E-state index in [2.05, 4.69) is 26.3 Å². The second-order valence-electron chi connectivity index (χ2n) is 5.57. The van der Waals surface area contributed by atoms with Crippen LogP contribution in [0, 0.1) is 0 Å². The monoisotopic (exact) mass is 316 g/mol. The number of aliphatic imine (C=N–C) groups is 1. The van der Waals surface area contributed by atoms with Gasteiger partial charge >= 0.3 is 0 Å². The van der Waals surface area contributed by atoms with Gasteiger partial charge in [-0.15, -0.1) is 0 Å². The summed E-state index contributed by atoms with van der Waals surface area (Å²) >= 11 is 0. The molecule has 1 unspecified atom stereocenters. The van der Waals surface area contributed by atoms with E-state index in [1.807, 2.05) is 24.3 Å². The van der Waals surface area contributed by atoms with Gasteiger partial charge in [0.25, 0.3) is 11.8 Å². The van der Waals surface area contributed by atoms with Crippen molar-refractivity contribution in [2.75, 3.05) is 31.5 Å². The minimum Gasteiger partial charge on any atom is -0.367 e. The summed E-state index contributed by atoms with van der Waals surface area (Å²) in [7, 11) is 0. The van der Waals surface area contributed by atoms with E-state index < -0.39 is 17.4 Å². The van der Waals surface area contributed by atoms with E-state index in [-0.39, 0.29) is 6.42 Å². The van der Waals surface area contributed by atoms with E-state index in [1.165, 1.54) is 0 Å². The molecular weight excluding hydrogens is 296 g/mol. The summed E-state index contributed by atoms with van der Waals surface area (Å²) in [5.41, 5.74) is 5.76. The maximum atomic E-state index is 12.5. The average Bonchev–Trinajstić information content (AvgIpc) is 3.18. The van der Waals surface area contributed by atoms with Crippen LogP contribution in [0.5, 0.6) is 0 Å². The molecule has 8 heteroatoms. The molecule has 1 aromatic carbocycles. The van der Waals surface area contributed by atoms with E-state index in [9.17, 15) is 9.59 Å². The summed E-state index contributed by atoms with van der Waals surface area (Å²) in [6.07, 6.45) is 0.256. The molecule has 0 saturated heterocycles. The Hall–Kier alpha value is -2.77. The number of amides is 2. The Kier molecular flexibility index (Phi) is 4.05. The normalized spacial score (nSPS) is 21.7. The molecule has 2 heterocycles. The van der Waals surface area contributed by atoms with E-state index in [1.54, 1.807) is 0 Å². The van der Waals surface area contributed by atoms with Crippen molar-refractivity contribution in [3.05, 3.63) is 29.8 Å². The van der Waals surface area contributed by atoms with Gasteiger partial charge in [0.1, 0.15) is 0 Å². The summed E-state index contributed by atoms with van der Waals surface area (Å²) in [5, 5.41) is 11.9. The number of nitrogens with one attached hydrogen (secondary N) is 4. The number of nitrogens with two attached hydrogens (primary N) is 1. The highest BCUT2D eigenvalue weighted by Crippen LogP contribution is 2.32. The second-order valence-corrected chi connectivity index (χ2v) is 5.57. The lowest BCUT2D eigenvalue weighted by Gasteiger charge is -2.25. The second kappa shape index (κ2) is 6.15. The summed E-state index contributed by atoms with van der Waals surface area (Å²) in [5.74, 6) is -0.361. The molecule has 6 N–H and O–H groups in total. The van der Waals surface area contributed by atoms with Crippen LogP contribution in [-0.2, 0) is 16.0 Å². The highest BCUT2D eigenvalue weighted by atomic mass is 16.2. The minimum absolute atomic E-state index is 0.256. The molecule has 0 saturated carbocycles. The topological polar surface area (TPSA) is 121 Å². The Balaban J connectivity index is 1.59. The van der Waals surface area contributed by atoms with Gasteiger partial charge in [-0.25, -0.2) is 0 Å². The Labute approximate surface area is 133 Å². The number of carbonyl (C=O) groups is 2. The van der Waals surface area contributed by atoms with Crippen LogP contribution in [0.1, 0.15) is 5.56 Å². The van der Waals surface area contributed by atoms with E-state index in [4.69, 9.17) is 5.73 Å². The number of guanidine groups is 1. The number of hydrogen-bond donors (Lipinski definition) is 5. The molecule has 3 rings (SSSR count). The fraction of sp³-hybridized carbons (Fsp3) is 0.400. The highest BCUT2D eigenvalue weighted by molar-refractivity contribution is 6.13. The number of carbonyl (C=O) groups excluding carboxylic acids is 2. The van der Waals surface area contributed by atoms with Crippen molar-refractivity contribution in [1.29, 1.82) is 0 Å². The van der Waals surface area contributed by atoms with Crippen molar-refractivity contribution in [2.24, 2.45) is 10.7 Å². The molecule has 0 aromatic heterocycles. The predicted molar refractivity (Wildman–Crippen MR) is 87.0 cm³/mol. The van der Waals surface area contributed by atoms with E-state index >= 15 is 0 Å². The van der Waals surface area contributed by atoms with Crippen molar-refractivity contribution < 1.29 is 9.59 Å². The summed E-state index contributed by atoms with van der Waals surface area (Å²) in [6.45, 7) is 2.45. The molecule has 0 fully saturated rings. The molecule has 1 atom stereocenters. The molecule has 0 spiro atoms. The van der Waals surface area contributed by atoms with Gasteiger partial charge < -0.3 is 27.0 Å². The zero-order valence-electron chi connectivity index (χ0n) is 12.7. The Morgan fingerprint density at radius 3 is 2.83 bits per heavy atom. The number of nitrogens with zero attached hydrogens (tertiary/aromatic N) is 1. The lowest BCUT2D eigenvalue weighted by molar-refractivity contribution is -0.133. The van der Waals surface area contributed by atoms with Crippen molar-refractivity contribution in [2.45, 2.75) is 12.0 Å². The minimum atomic E-state index is -1.42. The van der Waals surface area contributed by atoms with Crippen LogP contribution in [0.3, 0.4) is 0 Å². The quantitative estimate of drug-likeness (QED) is 0.336. The Morgan fingerprint density at radius 1 is 1.30 bits per heavy atom. The van der Waals surface area contributed by atoms with Gasteiger partial charge in [-0.05, 0) is 11.6 Å². The molecule has 122 valence electrons. The van der Waals surface area contributed by atoms with Crippen molar-refractivity contribution in [3.63, 3.8) is 0 Å². The zero-order valence-corrected chi connectivity index (χ0v) is 12.7. The third-order valence-corrected chi connectivity index (χ3v) is 4.01. The molecule has 23 heavy (non-hydrogen) atoms. The van der Waals surface area contributed by atoms with Gasteiger partial charge in [0.2, 0.25) is 0 Å². The SMILES string of the molecule is NC(=O)C1(C(=O)NCCNC2=NCCN2)Cc2ccccc2N1. The standard InChI is InChI=1S/C15H20N6O2/c16-12(22)15(9-10-3-1-2-4-11(10)21-15)13(23)17-5-6-18-14-19-7-8-20-14/h1-4,21H,5-9H2,(H2,16,22)(H,17,23)(H2,18,19,20). The number of benzene rings is 1. The molecular formula is C15H20N6O2. The average molecular weight is 316 g/mol. The molecule has 1 aromatic rings.